The monoisotopic (exact) mass is 300 g/mol. The molecule has 0 heterocycles. The molecule has 0 bridgehead atoms. The third-order valence-corrected chi connectivity index (χ3v) is 4.46. The minimum absolute atomic E-state index is 0.322. The molecule has 21 heavy (non-hydrogen) atoms. The van der Waals surface area contributed by atoms with Gasteiger partial charge in [-0.3, -0.25) is 4.79 Å². The molecule has 4 nitrogen and oxygen atoms in total. The number of aliphatic hydroxyl groups is 1. The topological polar surface area (TPSA) is 57.5 Å². The van der Waals surface area contributed by atoms with Crippen LogP contribution >= 0.6 is 0 Å². The molecule has 2 unspecified atom stereocenters. The summed E-state index contributed by atoms with van der Waals surface area (Å²) in [7, 11) is 0. The Morgan fingerprint density at radius 3 is 2.14 bits per heavy atom. The van der Waals surface area contributed by atoms with Gasteiger partial charge in [0.1, 0.15) is 18.6 Å². The maximum absolute atomic E-state index is 11.3. The molecule has 0 aromatic rings. The fraction of sp³-hybridized carbons (Fsp3) is 0.824. The second-order valence-electron chi connectivity index (χ2n) is 5.89. The van der Waals surface area contributed by atoms with Gasteiger partial charge in [0.15, 0.2) is 0 Å². The van der Waals surface area contributed by atoms with Crippen molar-refractivity contribution in [3.05, 3.63) is 12.2 Å². The van der Waals surface area contributed by atoms with Crippen molar-refractivity contribution in [3.8, 4) is 0 Å². The molecule has 0 aliphatic rings. The zero-order valence-electron chi connectivity index (χ0n) is 14.2. The van der Waals surface area contributed by atoms with E-state index in [0.29, 0.717) is 24.0 Å². The highest BCUT2D eigenvalue weighted by Crippen LogP contribution is 2.17. The summed E-state index contributed by atoms with van der Waals surface area (Å²) in [6.45, 7) is 11.2. The molecule has 0 aliphatic carbocycles. The first kappa shape index (κ1) is 20.1. The van der Waals surface area contributed by atoms with Gasteiger partial charge in [-0.15, -0.1) is 0 Å². The lowest BCUT2D eigenvalue weighted by atomic mass is 10.0. The van der Waals surface area contributed by atoms with Gasteiger partial charge in [-0.1, -0.05) is 26.0 Å². The van der Waals surface area contributed by atoms with Gasteiger partial charge in [0.25, 0.3) is 0 Å². The van der Waals surface area contributed by atoms with Crippen molar-refractivity contribution in [3.63, 3.8) is 0 Å². The van der Waals surface area contributed by atoms with Crippen molar-refractivity contribution in [1.29, 1.82) is 0 Å². The van der Waals surface area contributed by atoms with Gasteiger partial charge in [-0.2, -0.15) is 0 Å². The summed E-state index contributed by atoms with van der Waals surface area (Å²) in [4.78, 5) is 11.3. The smallest absolute Gasteiger partial charge is 0.312 e. The highest BCUT2D eigenvalue weighted by molar-refractivity contribution is 5.69. The maximum atomic E-state index is 11.3. The average molecular weight is 300 g/mol. The quantitative estimate of drug-likeness (QED) is 0.430. The largest absolute Gasteiger partial charge is 0.481 e. The number of hydrogen-bond acceptors (Lipinski definition) is 2. The molecule has 0 radical (unpaired) electrons. The first-order valence-electron chi connectivity index (χ1n) is 8.35. The van der Waals surface area contributed by atoms with Crippen LogP contribution < -0.4 is 0 Å². The lowest BCUT2D eigenvalue weighted by Gasteiger charge is -2.40. The molecular formula is C17H34NO3+. The molecule has 0 saturated carbocycles. The van der Waals surface area contributed by atoms with Crippen LogP contribution in [0.15, 0.2) is 12.2 Å². The van der Waals surface area contributed by atoms with Gasteiger partial charge in [0.2, 0.25) is 0 Å². The van der Waals surface area contributed by atoms with Crippen LogP contribution in [0.4, 0.5) is 0 Å². The zero-order chi connectivity index (χ0) is 16.3. The molecule has 4 heteroatoms. The molecule has 0 rings (SSSR count). The number of carboxylic acid groups (broad SMARTS) is 1. The highest BCUT2D eigenvalue weighted by Gasteiger charge is 2.32. The molecule has 2 N–H and O–H groups in total. The Kier molecular flexibility index (Phi) is 10.4. The minimum Gasteiger partial charge on any atom is -0.481 e. The van der Waals surface area contributed by atoms with E-state index in [4.69, 9.17) is 0 Å². The second kappa shape index (κ2) is 10.8. The number of aliphatic carboxylic acids is 1. The van der Waals surface area contributed by atoms with Crippen molar-refractivity contribution >= 4 is 5.97 Å². The molecule has 0 aromatic heterocycles. The number of quaternary nitrogens is 1. The molecule has 0 saturated heterocycles. The number of carboxylic acids is 1. The van der Waals surface area contributed by atoms with Gasteiger partial charge < -0.3 is 14.7 Å². The average Bonchev–Trinajstić information content (AvgIpc) is 2.47. The van der Waals surface area contributed by atoms with Gasteiger partial charge in [-0.25, -0.2) is 0 Å². The van der Waals surface area contributed by atoms with E-state index in [-0.39, 0.29) is 12.0 Å². The highest BCUT2D eigenvalue weighted by atomic mass is 16.4. The number of carbonyl (C=O) groups is 1. The van der Waals surface area contributed by atoms with Gasteiger partial charge in [0, 0.05) is 0 Å². The lowest BCUT2D eigenvalue weighted by Crippen LogP contribution is -2.55. The van der Waals surface area contributed by atoms with Crippen LogP contribution in [0.2, 0.25) is 0 Å². The molecular weight excluding hydrogens is 266 g/mol. The molecule has 124 valence electrons. The number of aliphatic hydroxyl groups excluding tert-OH is 1. The Bertz CT molecular complexity index is 311. The Hall–Kier alpha value is -0.870. The number of allylic oxidation sites excluding steroid dienone is 2. The fourth-order valence-electron chi connectivity index (χ4n) is 2.78. The molecule has 0 amide bonds. The maximum Gasteiger partial charge on any atom is 0.312 e. The molecule has 2 atom stereocenters. The van der Waals surface area contributed by atoms with Crippen LogP contribution in [0.25, 0.3) is 0 Å². The standard InChI is InChI=1S/C17H33NO3/c1-5-9-10-11-12-16(19)14-18(7-3,8-4)13-15(6-2)17(20)21/h9-10,15-16,19H,5-8,11-14H2,1-4H3/p+1/b10-9+. The predicted octanol–water partition coefficient (Wildman–Crippen LogP) is 3.06. The van der Waals surface area contributed by atoms with Gasteiger partial charge in [0.05, 0.1) is 19.6 Å². The molecule has 0 aromatic carbocycles. The summed E-state index contributed by atoms with van der Waals surface area (Å²) in [5.74, 6) is -1.04. The fourth-order valence-corrected chi connectivity index (χ4v) is 2.78. The van der Waals surface area contributed by atoms with Crippen molar-refractivity contribution in [2.75, 3.05) is 26.2 Å². The van der Waals surface area contributed by atoms with Crippen molar-refractivity contribution in [2.45, 2.75) is 59.5 Å². The third-order valence-electron chi connectivity index (χ3n) is 4.46. The first-order valence-corrected chi connectivity index (χ1v) is 8.35. The van der Waals surface area contributed by atoms with E-state index in [1.54, 1.807) is 0 Å². The van der Waals surface area contributed by atoms with Crippen LogP contribution in [0, 0.1) is 5.92 Å². The summed E-state index contributed by atoms with van der Waals surface area (Å²) >= 11 is 0. The van der Waals surface area contributed by atoms with E-state index in [1.807, 2.05) is 6.92 Å². The summed E-state index contributed by atoms with van der Waals surface area (Å²) in [6, 6.07) is 0. The van der Waals surface area contributed by atoms with E-state index >= 15 is 0 Å². The first-order chi connectivity index (χ1) is 9.94. The van der Waals surface area contributed by atoms with Crippen LogP contribution in [-0.2, 0) is 4.79 Å². The van der Waals surface area contributed by atoms with Crippen molar-refractivity contribution in [1.82, 2.24) is 0 Å². The lowest BCUT2D eigenvalue weighted by molar-refractivity contribution is -0.929. The number of likely N-dealkylation sites (N-methyl/N-ethyl adjacent to an activating group) is 1. The third kappa shape index (κ3) is 7.63. The molecule has 0 fully saturated rings. The van der Waals surface area contributed by atoms with Crippen molar-refractivity contribution in [2.24, 2.45) is 5.92 Å². The van der Waals surface area contributed by atoms with E-state index in [9.17, 15) is 15.0 Å². The van der Waals surface area contributed by atoms with Gasteiger partial charge >= 0.3 is 5.97 Å². The van der Waals surface area contributed by atoms with E-state index in [0.717, 1.165) is 32.4 Å². The van der Waals surface area contributed by atoms with Crippen LogP contribution in [-0.4, -0.2) is 52.9 Å². The summed E-state index contributed by atoms with van der Waals surface area (Å²) in [5, 5.41) is 19.6. The Morgan fingerprint density at radius 2 is 1.71 bits per heavy atom. The predicted molar refractivity (Wildman–Crippen MR) is 87.2 cm³/mol. The van der Waals surface area contributed by atoms with Crippen molar-refractivity contribution < 1.29 is 19.5 Å². The molecule has 0 aliphatic heterocycles. The Labute approximate surface area is 130 Å². The summed E-state index contributed by atoms with van der Waals surface area (Å²) in [6.07, 6.45) is 7.17. The Balaban J connectivity index is 4.63. The second-order valence-corrected chi connectivity index (χ2v) is 5.89. The number of rotatable bonds is 12. The summed E-state index contributed by atoms with van der Waals surface area (Å²) < 4.78 is 0.684. The minimum atomic E-state index is -0.720. The number of hydrogen-bond donors (Lipinski definition) is 2. The Morgan fingerprint density at radius 1 is 1.10 bits per heavy atom. The number of nitrogens with zero attached hydrogens (tertiary/aromatic N) is 1. The van der Waals surface area contributed by atoms with Crippen LogP contribution in [0.5, 0.6) is 0 Å². The van der Waals surface area contributed by atoms with E-state index < -0.39 is 5.97 Å². The summed E-state index contributed by atoms with van der Waals surface area (Å²) in [5.41, 5.74) is 0. The van der Waals surface area contributed by atoms with E-state index in [2.05, 4.69) is 32.9 Å². The van der Waals surface area contributed by atoms with Gasteiger partial charge in [-0.05, 0) is 39.5 Å². The van der Waals surface area contributed by atoms with Crippen LogP contribution in [0.3, 0.4) is 0 Å². The zero-order valence-corrected chi connectivity index (χ0v) is 14.2. The normalized spacial score (nSPS) is 15.3. The van der Waals surface area contributed by atoms with Crippen LogP contribution in [0.1, 0.15) is 53.4 Å². The SMILES string of the molecule is CC/C=C/CCC(O)C[N+](CC)(CC)CC(CC)C(=O)O. The van der Waals surface area contributed by atoms with E-state index in [1.165, 1.54) is 0 Å². The molecule has 0 spiro atoms.